The van der Waals surface area contributed by atoms with E-state index in [9.17, 15) is 10.0 Å². The fraction of sp³-hybridized carbons (Fsp3) is 0.750. The molecule has 2 amide bonds. The average Bonchev–Trinajstić information content (AvgIpc) is 2.16. The Labute approximate surface area is 52.6 Å². The molecule has 1 unspecified atom stereocenters. The van der Waals surface area contributed by atoms with Gasteiger partial charge in [-0.05, 0) is 0 Å². The lowest BCUT2D eigenvalue weighted by atomic mass is 10.6. The van der Waals surface area contributed by atoms with Crippen LogP contribution in [0.15, 0.2) is 0 Å². The zero-order valence-electron chi connectivity index (χ0n) is 4.96. The van der Waals surface area contributed by atoms with Gasteiger partial charge in [0.25, 0.3) is 0 Å². The monoisotopic (exact) mass is 131 g/mol. The summed E-state index contributed by atoms with van der Waals surface area (Å²) in [6, 6.07) is -0.806. The minimum absolute atomic E-state index is 0.120. The maximum atomic E-state index is 11.0. The third kappa shape index (κ3) is 1.02. The molecule has 1 fully saturated rings. The van der Waals surface area contributed by atoms with Gasteiger partial charge in [0.1, 0.15) is 13.2 Å². The Morgan fingerprint density at radius 2 is 2.44 bits per heavy atom. The van der Waals surface area contributed by atoms with Gasteiger partial charge in [0.15, 0.2) is 0 Å². The lowest BCUT2D eigenvalue weighted by Crippen LogP contribution is -2.49. The Morgan fingerprint density at radius 3 is 2.67 bits per heavy atom. The number of amides is 2. The summed E-state index contributed by atoms with van der Waals surface area (Å²) in [7, 11) is 0. The van der Waals surface area contributed by atoms with Crippen LogP contribution >= 0.6 is 0 Å². The molecule has 0 aromatic rings. The highest BCUT2D eigenvalue weighted by Crippen LogP contribution is 2.04. The number of hydroxylamine groups is 3. The van der Waals surface area contributed by atoms with Crippen molar-refractivity contribution in [2.45, 2.75) is 0 Å². The van der Waals surface area contributed by atoms with Crippen molar-refractivity contribution in [1.82, 2.24) is 5.32 Å². The number of hydrogen-bond donors (Lipinski definition) is 2. The molecule has 1 heterocycles. The van der Waals surface area contributed by atoms with E-state index in [-0.39, 0.29) is 13.2 Å². The number of carbonyl (C=O) groups is 1. The zero-order valence-corrected chi connectivity index (χ0v) is 4.96. The molecule has 52 valence electrons. The molecule has 0 aromatic heterocycles. The lowest BCUT2D eigenvalue weighted by Gasteiger charge is -2.31. The van der Waals surface area contributed by atoms with Crippen molar-refractivity contribution in [1.29, 1.82) is 0 Å². The molecular formula is C4H9N3O2. The van der Waals surface area contributed by atoms with E-state index < -0.39 is 10.7 Å². The van der Waals surface area contributed by atoms with E-state index in [1.807, 2.05) is 0 Å². The third-order valence-electron chi connectivity index (χ3n) is 1.42. The summed E-state index contributed by atoms with van der Waals surface area (Å²) in [6.45, 7) is 0.955. The van der Waals surface area contributed by atoms with Gasteiger partial charge in [-0.3, -0.25) is 9.96 Å². The Bertz CT molecular complexity index is 130. The number of nitrogens with two attached hydrogens (primary N) is 1. The zero-order chi connectivity index (χ0) is 6.91. The number of nitrogens with one attached hydrogen (secondary N) is 1. The molecule has 5 heteroatoms. The van der Waals surface area contributed by atoms with Gasteiger partial charge in [0.05, 0.1) is 6.54 Å². The molecule has 1 aliphatic rings. The van der Waals surface area contributed by atoms with Gasteiger partial charge in [0.2, 0.25) is 0 Å². The highest BCUT2D eigenvalue weighted by Gasteiger charge is 2.28. The molecule has 1 atom stereocenters. The van der Waals surface area contributed by atoms with E-state index in [1.54, 1.807) is 0 Å². The standard InChI is InChI=1S/C4H9N3O2/c5-4(8)7(9)2-1-6-3-7/h6H,1-3H2,(H2,5,8). The van der Waals surface area contributed by atoms with E-state index in [2.05, 4.69) is 5.32 Å². The molecule has 0 aromatic carbocycles. The maximum Gasteiger partial charge on any atom is 0.415 e. The number of rotatable bonds is 0. The van der Waals surface area contributed by atoms with Crippen molar-refractivity contribution < 1.29 is 9.44 Å². The summed E-state index contributed by atoms with van der Waals surface area (Å²) in [4.78, 5) is 10.4. The highest BCUT2D eigenvalue weighted by molar-refractivity contribution is 5.64. The summed E-state index contributed by atoms with van der Waals surface area (Å²) < 4.78 is -0.917. The van der Waals surface area contributed by atoms with Gasteiger partial charge >= 0.3 is 6.03 Å². The molecule has 0 saturated carbocycles. The number of urea groups is 1. The van der Waals surface area contributed by atoms with E-state index >= 15 is 0 Å². The SMILES string of the molecule is NC(=O)[N+]1([O-])CCNC1. The first-order valence-corrected chi connectivity index (χ1v) is 2.74. The van der Waals surface area contributed by atoms with Crippen molar-refractivity contribution in [3.63, 3.8) is 0 Å². The van der Waals surface area contributed by atoms with Gasteiger partial charge in [0, 0.05) is 0 Å². The van der Waals surface area contributed by atoms with Gasteiger partial charge in [-0.1, -0.05) is 0 Å². The molecule has 5 nitrogen and oxygen atoms in total. The van der Waals surface area contributed by atoms with Crippen molar-refractivity contribution in [3.05, 3.63) is 5.21 Å². The Kier molecular flexibility index (Phi) is 1.40. The largest absolute Gasteiger partial charge is 0.623 e. The van der Waals surface area contributed by atoms with E-state index in [0.717, 1.165) is 0 Å². The topological polar surface area (TPSA) is 78.2 Å². The average molecular weight is 131 g/mol. The minimum atomic E-state index is -0.917. The number of carbonyl (C=O) groups excluding carboxylic acids is 1. The third-order valence-corrected chi connectivity index (χ3v) is 1.42. The molecule has 0 bridgehead atoms. The molecule has 1 saturated heterocycles. The van der Waals surface area contributed by atoms with Crippen LogP contribution in [0.3, 0.4) is 0 Å². The van der Waals surface area contributed by atoms with Crippen LogP contribution in [0.4, 0.5) is 4.79 Å². The molecule has 9 heavy (non-hydrogen) atoms. The van der Waals surface area contributed by atoms with Crippen molar-refractivity contribution >= 4 is 6.03 Å². The van der Waals surface area contributed by atoms with Crippen LogP contribution in [0, 0.1) is 5.21 Å². The Hall–Kier alpha value is -0.650. The van der Waals surface area contributed by atoms with E-state index in [0.29, 0.717) is 6.54 Å². The molecule has 0 spiro atoms. The van der Waals surface area contributed by atoms with E-state index in [4.69, 9.17) is 5.73 Å². The summed E-state index contributed by atoms with van der Waals surface area (Å²) >= 11 is 0. The smallest absolute Gasteiger partial charge is 0.415 e. The van der Waals surface area contributed by atoms with Crippen LogP contribution in [0.2, 0.25) is 0 Å². The first-order chi connectivity index (χ1) is 4.15. The molecule has 0 radical (unpaired) electrons. The molecule has 1 rings (SSSR count). The van der Waals surface area contributed by atoms with Crippen LogP contribution in [0.1, 0.15) is 0 Å². The fourth-order valence-electron chi connectivity index (χ4n) is 0.786. The summed E-state index contributed by atoms with van der Waals surface area (Å²) in [5.41, 5.74) is 4.81. The molecule has 3 N–H and O–H groups in total. The quantitative estimate of drug-likeness (QED) is 0.325. The number of primary amides is 1. The lowest BCUT2D eigenvalue weighted by molar-refractivity contribution is -0.784. The minimum Gasteiger partial charge on any atom is -0.623 e. The van der Waals surface area contributed by atoms with Crippen LogP contribution < -0.4 is 11.1 Å². The number of hydrogen-bond acceptors (Lipinski definition) is 3. The first kappa shape index (κ1) is 6.47. The van der Waals surface area contributed by atoms with Crippen molar-refractivity contribution in [3.8, 4) is 0 Å². The predicted octanol–water partition coefficient (Wildman–Crippen LogP) is -1.06. The Morgan fingerprint density at radius 1 is 1.78 bits per heavy atom. The second-order valence-electron chi connectivity index (χ2n) is 2.11. The highest BCUT2D eigenvalue weighted by atomic mass is 16.6. The van der Waals surface area contributed by atoms with Gasteiger partial charge in [-0.25, -0.2) is 4.79 Å². The summed E-state index contributed by atoms with van der Waals surface area (Å²) in [5, 5.41) is 13.8. The summed E-state index contributed by atoms with van der Waals surface area (Å²) in [5.74, 6) is 0. The second-order valence-corrected chi connectivity index (χ2v) is 2.11. The van der Waals surface area contributed by atoms with Crippen molar-refractivity contribution in [2.75, 3.05) is 19.8 Å². The Balaban J connectivity index is 2.61. The molecular weight excluding hydrogens is 122 g/mol. The molecule has 0 aliphatic carbocycles. The van der Waals surface area contributed by atoms with Crippen molar-refractivity contribution in [2.24, 2.45) is 5.73 Å². The van der Waals surface area contributed by atoms with Crippen LogP contribution in [-0.2, 0) is 0 Å². The van der Waals surface area contributed by atoms with Gasteiger partial charge in [-0.15, -0.1) is 0 Å². The predicted molar refractivity (Wildman–Crippen MR) is 30.9 cm³/mol. The van der Waals surface area contributed by atoms with Crippen LogP contribution in [0.25, 0.3) is 0 Å². The van der Waals surface area contributed by atoms with Crippen LogP contribution in [-0.4, -0.2) is 30.4 Å². The van der Waals surface area contributed by atoms with Crippen LogP contribution in [0.5, 0.6) is 0 Å². The molecule has 1 aliphatic heterocycles. The first-order valence-electron chi connectivity index (χ1n) is 2.74. The fourth-order valence-corrected chi connectivity index (χ4v) is 0.786. The van der Waals surface area contributed by atoms with Gasteiger partial charge in [-0.2, -0.15) is 0 Å². The summed E-state index contributed by atoms with van der Waals surface area (Å²) in [6.07, 6.45) is 0. The number of nitrogens with zero attached hydrogens (tertiary/aromatic N) is 1. The number of quaternary nitrogens is 1. The normalized spacial score (nSPS) is 34.8. The van der Waals surface area contributed by atoms with E-state index in [1.165, 1.54) is 0 Å². The van der Waals surface area contributed by atoms with Gasteiger partial charge < -0.3 is 10.9 Å². The maximum absolute atomic E-state index is 11.0. The second kappa shape index (κ2) is 1.94.